The second-order valence-electron chi connectivity index (χ2n) is 4.19. The minimum Gasteiger partial charge on any atom is -0.383 e. The zero-order valence-corrected chi connectivity index (χ0v) is 8.89. The molecule has 0 aromatic heterocycles. The monoisotopic (exact) mass is 173 g/mol. The third-order valence-electron chi connectivity index (χ3n) is 2.07. The van der Waals surface area contributed by atoms with Crippen LogP contribution >= 0.6 is 0 Å². The molecule has 0 aromatic rings. The fraction of sp³-hybridized carbons (Fsp3) is 1.00. The molecule has 0 radical (unpaired) electrons. The predicted octanol–water partition coefficient (Wildman–Crippen LogP) is 2.18. The van der Waals surface area contributed by atoms with Gasteiger partial charge < -0.3 is 10.5 Å². The molecule has 74 valence electrons. The maximum atomic E-state index is 6.03. The van der Waals surface area contributed by atoms with Crippen molar-refractivity contribution in [3.63, 3.8) is 0 Å². The molecule has 0 bridgehead atoms. The molecule has 2 atom stereocenters. The van der Waals surface area contributed by atoms with Gasteiger partial charge in [-0.15, -0.1) is 0 Å². The Morgan fingerprint density at radius 2 is 2.08 bits per heavy atom. The quantitative estimate of drug-likeness (QED) is 0.668. The number of nitrogens with two attached hydrogens (primary N) is 1. The van der Waals surface area contributed by atoms with Gasteiger partial charge in [0, 0.05) is 12.6 Å². The summed E-state index contributed by atoms with van der Waals surface area (Å²) in [5, 5.41) is 0. The molecule has 0 aromatic carbocycles. The van der Waals surface area contributed by atoms with Gasteiger partial charge in [-0.05, 0) is 19.3 Å². The van der Waals surface area contributed by atoms with E-state index in [1.807, 2.05) is 0 Å². The molecule has 0 amide bonds. The minimum absolute atomic E-state index is 0.149. The largest absolute Gasteiger partial charge is 0.383 e. The highest BCUT2D eigenvalue weighted by Crippen LogP contribution is 2.18. The van der Waals surface area contributed by atoms with Crippen molar-refractivity contribution in [2.45, 2.75) is 45.6 Å². The van der Waals surface area contributed by atoms with Crippen molar-refractivity contribution in [1.29, 1.82) is 0 Å². The van der Waals surface area contributed by atoms with Gasteiger partial charge in [0.1, 0.15) is 0 Å². The SMILES string of the molecule is CCCC(C)CC(C)(N)COC. The van der Waals surface area contributed by atoms with Crippen molar-refractivity contribution in [1.82, 2.24) is 0 Å². The van der Waals surface area contributed by atoms with Crippen LogP contribution in [-0.2, 0) is 4.74 Å². The van der Waals surface area contributed by atoms with Crippen LogP contribution in [0, 0.1) is 5.92 Å². The summed E-state index contributed by atoms with van der Waals surface area (Å²) in [6, 6.07) is 0. The molecule has 0 aliphatic heterocycles. The van der Waals surface area contributed by atoms with E-state index in [1.54, 1.807) is 7.11 Å². The number of hydrogen-bond acceptors (Lipinski definition) is 2. The van der Waals surface area contributed by atoms with Crippen LogP contribution in [0.1, 0.15) is 40.0 Å². The highest BCUT2D eigenvalue weighted by Gasteiger charge is 2.20. The lowest BCUT2D eigenvalue weighted by Crippen LogP contribution is -2.42. The van der Waals surface area contributed by atoms with Gasteiger partial charge >= 0.3 is 0 Å². The maximum absolute atomic E-state index is 6.03. The Balaban J connectivity index is 3.70. The van der Waals surface area contributed by atoms with E-state index in [-0.39, 0.29) is 5.54 Å². The van der Waals surface area contributed by atoms with Crippen molar-refractivity contribution in [3.8, 4) is 0 Å². The van der Waals surface area contributed by atoms with Gasteiger partial charge in [-0.3, -0.25) is 0 Å². The highest BCUT2D eigenvalue weighted by molar-refractivity contribution is 4.80. The molecule has 2 unspecified atom stereocenters. The van der Waals surface area contributed by atoms with Crippen LogP contribution in [0.5, 0.6) is 0 Å². The lowest BCUT2D eigenvalue weighted by molar-refractivity contribution is 0.126. The molecule has 2 heteroatoms. The summed E-state index contributed by atoms with van der Waals surface area (Å²) in [6.45, 7) is 7.18. The molecular weight excluding hydrogens is 150 g/mol. The summed E-state index contributed by atoms with van der Waals surface area (Å²) in [7, 11) is 1.70. The molecule has 12 heavy (non-hydrogen) atoms. The van der Waals surface area contributed by atoms with Crippen LogP contribution in [0.15, 0.2) is 0 Å². The second kappa shape index (κ2) is 5.55. The lowest BCUT2D eigenvalue weighted by Gasteiger charge is -2.26. The Kier molecular flexibility index (Phi) is 5.51. The van der Waals surface area contributed by atoms with Gasteiger partial charge in [-0.1, -0.05) is 26.7 Å². The van der Waals surface area contributed by atoms with E-state index < -0.39 is 0 Å². The molecule has 2 nitrogen and oxygen atoms in total. The van der Waals surface area contributed by atoms with Crippen molar-refractivity contribution in [3.05, 3.63) is 0 Å². The topological polar surface area (TPSA) is 35.2 Å². The fourth-order valence-electron chi connectivity index (χ4n) is 1.78. The molecule has 0 rings (SSSR count). The first-order valence-corrected chi connectivity index (χ1v) is 4.79. The average molecular weight is 173 g/mol. The lowest BCUT2D eigenvalue weighted by atomic mass is 9.89. The number of hydrogen-bond donors (Lipinski definition) is 1. The Hall–Kier alpha value is -0.0800. The zero-order chi connectivity index (χ0) is 9.61. The fourth-order valence-corrected chi connectivity index (χ4v) is 1.78. The van der Waals surface area contributed by atoms with E-state index in [1.165, 1.54) is 12.8 Å². The van der Waals surface area contributed by atoms with E-state index in [4.69, 9.17) is 10.5 Å². The van der Waals surface area contributed by atoms with Gasteiger partial charge in [0.05, 0.1) is 6.61 Å². The van der Waals surface area contributed by atoms with Gasteiger partial charge in [-0.25, -0.2) is 0 Å². The van der Waals surface area contributed by atoms with Crippen LogP contribution in [-0.4, -0.2) is 19.3 Å². The zero-order valence-electron chi connectivity index (χ0n) is 8.89. The van der Waals surface area contributed by atoms with E-state index in [9.17, 15) is 0 Å². The molecule has 2 N–H and O–H groups in total. The first kappa shape index (κ1) is 11.9. The summed E-state index contributed by atoms with van der Waals surface area (Å²) in [5.74, 6) is 0.708. The number of ether oxygens (including phenoxy) is 1. The molecule has 0 saturated carbocycles. The first-order chi connectivity index (χ1) is 5.52. The van der Waals surface area contributed by atoms with Crippen LogP contribution in [0.4, 0.5) is 0 Å². The number of rotatable bonds is 6. The smallest absolute Gasteiger partial charge is 0.0639 e. The van der Waals surface area contributed by atoms with Crippen molar-refractivity contribution < 1.29 is 4.74 Å². The van der Waals surface area contributed by atoms with Crippen molar-refractivity contribution in [2.75, 3.05) is 13.7 Å². The van der Waals surface area contributed by atoms with Gasteiger partial charge in [0.2, 0.25) is 0 Å². The third kappa shape index (κ3) is 5.56. The second-order valence-corrected chi connectivity index (χ2v) is 4.19. The Labute approximate surface area is 76.5 Å². The van der Waals surface area contributed by atoms with E-state index in [0.717, 1.165) is 6.42 Å². The van der Waals surface area contributed by atoms with E-state index in [0.29, 0.717) is 12.5 Å². The van der Waals surface area contributed by atoms with Gasteiger partial charge in [0.25, 0.3) is 0 Å². The summed E-state index contributed by atoms with van der Waals surface area (Å²) < 4.78 is 5.06. The van der Waals surface area contributed by atoms with Crippen molar-refractivity contribution >= 4 is 0 Å². The molecule has 0 saturated heterocycles. The predicted molar refractivity (Wildman–Crippen MR) is 53.2 cm³/mol. The Morgan fingerprint density at radius 3 is 2.50 bits per heavy atom. The molecule has 0 aliphatic carbocycles. The van der Waals surface area contributed by atoms with Crippen LogP contribution in [0.2, 0.25) is 0 Å². The third-order valence-corrected chi connectivity index (χ3v) is 2.07. The maximum Gasteiger partial charge on any atom is 0.0639 e. The number of methoxy groups -OCH3 is 1. The Morgan fingerprint density at radius 1 is 1.50 bits per heavy atom. The Bertz CT molecular complexity index is 112. The van der Waals surface area contributed by atoms with Crippen LogP contribution in [0.25, 0.3) is 0 Å². The summed E-state index contributed by atoms with van der Waals surface area (Å²) >= 11 is 0. The summed E-state index contributed by atoms with van der Waals surface area (Å²) in [6.07, 6.45) is 3.55. The first-order valence-electron chi connectivity index (χ1n) is 4.79. The van der Waals surface area contributed by atoms with Crippen LogP contribution < -0.4 is 5.73 Å². The van der Waals surface area contributed by atoms with Gasteiger partial charge in [0.15, 0.2) is 0 Å². The molecule has 0 fully saturated rings. The summed E-state index contributed by atoms with van der Waals surface area (Å²) in [5.41, 5.74) is 5.88. The van der Waals surface area contributed by atoms with E-state index in [2.05, 4.69) is 20.8 Å². The van der Waals surface area contributed by atoms with Gasteiger partial charge in [-0.2, -0.15) is 0 Å². The van der Waals surface area contributed by atoms with Crippen molar-refractivity contribution in [2.24, 2.45) is 11.7 Å². The molecule has 0 aliphatic rings. The van der Waals surface area contributed by atoms with E-state index >= 15 is 0 Å². The summed E-state index contributed by atoms with van der Waals surface area (Å²) in [4.78, 5) is 0. The van der Waals surface area contributed by atoms with Crippen LogP contribution in [0.3, 0.4) is 0 Å². The molecule has 0 heterocycles. The standard InChI is InChI=1S/C10H23NO/c1-5-6-9(2)7-10(3,11)8-12-4/h9H,5-8,11H2,1-4H3. The average Bonchev–Trinajstić information content (AvgIpc) is 1.85. The highest BCUT2D eigenvalue weighted by atomic mass is 16.5. The molecular formula is C10H23NO. The minimum atomic E-state index is -0.149. The molecule has 0 spiro atoms. The normalized spacial score (nSPS) is 18.8.